The van der Waals surface area contributed by atoms with Gasteiger partial charge in [0.15, 0.2) is 5.78 Å². The second kappa shape index (κ2) is 9.75. The number of hydrogen-bond acceptors (Lipinski definition) is 6. The van der Waals surface area contributed by atoms with Crippen LogP contribution in [-0.2, 0) is 6.54 Å². The normalized spacial score (nSPS) is 17.5. The van der Waals surface area contributed by atoms with Crippen molar-refractivity contribution >= 4 is 11.6 Å². The molecule has 2 aromatic rings. The number of nitrogen functional groups attached to an aromatic ring is 1. The van der Waals surface area contributed by atoms with Crippen LogP contribution in [0, 0.1) is 0 Å². The number of carbonyl (C=O) groups excluding carboxylic acids is 1. The zero-order chi connectivity index (χ0) is 21.7. The number of hydrogen-bond donors (Lipinski definition) is 2. The van der Waals surface area contributed by atoms with E-state index in [1.54, 1.807) is 7.11 Å². The predicted octanol–water partition coefficient (Wildman–Crippen LogP) is 2.34. The first-order valence-corrected chi connectivity index (χ1v) is 10.5. The summed E-state index contributed by atoms with van der Waals surface area (Å²) in [5.74, 6) is 0.373. The number of ketones is 1. The van der Waals surface area contributed by atoms with Crippen LogP contribution in [-0.4, -0.2) is 40.4 Å². The van der Waals surface area contributed by atoms with Crippen molar-refractivity contribution in [3.05, 3.63) is 56.2 Å². The van der Waals surface area contributed by atoms with Crippen LogP contribution in [0.1, 0.15) is 61.0 Å². The highest BCUT2D eigenvalue weighted by molar-refractivity contribution is 6.01. The number of anilines is 1. The van der Waals surface area contributed by atoms with E-state index in [4.69, 9.17) is 10.5 Å². The van der Waals surface area contributed by atoms with Crippen LogP contribution in [0.2, 0.25) is 0 Å². The van der Waals surface area contributed by atoms with E-state index in [-0.39, 0.29) is 29.8 Å². The van der Waals surface area contributed by atoms with Gasteiger partial charge in [0.1, 0.15) is 17.1 Å². The average molecular weight is 415 g/mol. The van der Waals surface area contributed by atoms with Gasteiger partial charge in [0.25, 0.3) is 5.56 Å². The van der Waals surface area contributed by atoms with E-state index >= 15 is 0 Å². The first kappa shape index (κ1) is 21.8. The second-order valence-corrected chi connectivity index (χ2v) is 7.70. The van der Waals surface area contributed by atoms with Gasteiger partial charge in [0.05, 0.1) is 13.7 Å². The number of likely N-dealkylation sites (tertiary alicyclic amines) is 1. The van der Waals surface area contributed by atoms with E-state index in [9.17, 15) is 14.4 Å². The van der Waals surface area contributed by atoms with Crippen LogP contribution >= 0.6 is 0 Å². The number of nitrogens with zero attached hydrogens (tertiary/aromatic N) is 2. The lowest BCUT2D eigenvalue weighted by atomic mass is 10.00. The molecule has 3 rings (SSSR count). The van der Waals surface area contributed by atoms with Crippen LogP contribution in [0.4, 0.5) is 5.82 Å². The first-order chi connectivity index (χ1) is 14.5. The Morgan fingerprint density at radius 3 is 2.60 bits per heavy atom. The molecular formula is C22H30N4O4. The van der Waals surface area contributed by atoms with Crippen LogP contribution in [0.15, 0.2) is 33.9 Å². The topological polar surface area (TPSA) is 110 Å². The van der Waals surface area contributed by atoms with Gasteiger partial charge >= 0.3 is 5.69 Å². The van der Waals surface area contributed by atoms with Crippen LogP contribution in [0.5, 0.6) is 5.75 Å². The maximum absolute atomic E-state index is 13.1. The van der Waals surface area contributed by atoms with E-state index in [1.807, 2.05) is 31.2 Å². The molecule has 30 heavy (non-hydrogen) atoms. The number of methoxy groups -OCH3 is 1. The minimum atomic E-state index is -0.717. The smallest absolute Gasteiger partial charge is 0.329 e. The van der Waals surface area contributed by atoms with E-state index in [2.05, 4.69) is 9.88 Å². The standard InChI is InChI=1S/C22H30N4O4/c1-3-12-26-20(23)19(21(28)24-22(26)29)18(27)14-25-13-6-4-5-7-17(25)15-8-10-16(30-2)11-9-15/h8-11,17H,3-7,12-14,23H2,1-2H3,(H,24,28,29)/t17-/m1/s1. The third-order valence-electron chi connectivity index (χ3n) is 5.68. The van der Waals surface area contributed by atoms with E-state index in [0.29, 0.717) is 13.0 Å². The summed E-state index contributed by atoms with van der Waals surface area (Å²) in [5.41, 5.74) is 5.77. The van der Waals surface area contributed by atoms with Gasteiger partial charge in [-0.05, 0) is 43.5 Å². The highest BCUT2D eigenvalue weighted by Gasteiger charge is 2.27. The molecule has 1 fully saturated rings. The third kappa shape index (κ3) is 4.64. The summed E-state index contributed by atoms with van der Waals surface area (Å²) >= 11 is 0. The molecule has 1 saturated heterocycles. The van der Waals surface area contributed by atoms with Crippen molar-refractivity contribution in [1.29, 1.82) is 0 Å². The molecule has 1 atom stereocenters. The number of benzene rings is 1. The van der Waals surface area contributed by atoms with E-state index < -0.39 is 11.2 Å². The highest BCUT2D eigenvalue weighted by atomic mass is 16.5. The number of Topliss-reactive ketones (excluding diaryl/α,β-unsaturated/α-hetero) is 1. The zero-order valence-corrected chi connectivity index (χ0v) is 17.6. The van der Waals surface area contributed by atoms with Gasteiger partial charge in [-0.2, -0.15) is 0 Å². The molecule has 0 saturated carbocycles. The Hall–Kier alpha value is -2.87. The molecule has 0 radical (unpaired) electrons. The minimum Gasteiger partial charge on any atom is -0.497 e. The van der Waals surface area contributed by atoms with Crippen molar-refractivity contribution in [1.82, 2.24) is 14.5 Å². The Labute approximate surface area is 175 Å². The molecule has 1 aliphatic rings. The number of nitrogens with two attached hydrogens (primary N) is 1. The van der Waals surface area contributed by atoms with Crippen molar-refractivity contribution in [2.45, 2.75) is 51.6 Å². The van der Waals surface area contributed by atoms with Gasteiger partial charge in [-0.3, -0.25) is 24.0 Å². The Balaban J connectivity index is 1.90. The van der Waals surface area contributed by atoms with Crippen molar-refractivity contribution < 1.29 is 9.53 Å². The van der Waals surface area contributed by atoms with Crippen molar-refractivity contribution in [2.75, 3.05) is 25.9 Å². The largest absolute Gasteiger partial charge is 0.497 e. The van der Waals surface area contributed by atoms with Gasteiger partial charge in [-0.25, -0.2) is 4.79 Å². The van der Waals surface area contributed by atoms with Crippen LogP contribution in [0.25, 0.3) is 0 Å². The molecular weight excluding hydrogens is 384 g/mol. The fraction of sp³-hybridized carbons (Fsp3) is 0.500. The molecule has 162 valence electrons. The lowest BCUT2D eigenvalue weighted by Crippen LogP contribution is -2.40. The molecule has 3 N–H and O–H groups in total. The van der Waals surface area contributed by atoms with Crippen molar-refractivity contribution in [2.24, 2.45) is 0 Å². The Morgan fingerprint density at radius 2 is 1.93 bits per heavy atom. The zero-order valence-electron chi connectivity index (χ0n) is 17.6. The SMILES string of the molecule is CCCn1c(N)c(C(=O)CN2CCCCC[C@@H]2c2ccc(OC)cc2)c(=O)[nH]c1=O. The molecule has 1 aromatic carbocycles. The van der Waals surface area contributed by atoms with E-state index in [0.717, 1.165) is 43.5 Å². The van der Waals surface area contributed by atoms with Gasteiger partial charge < -0.3 is 10.5 Å². The molecule has 0 spiro atoms. The number of carbonyl (C=O) groups is 1. The Kier molecular flexibility index (Phi) is 7.10. The minimum absolute atomic E-state index is 0.0496. The molecule has 0 aliphatic carbocycles. The lowest BCUT2D eigenvalue weighted by Gasteiger charge is -2.30. The summed E-state index contributed by atoms with van der Waals surface area (Å²) in [4.78, 5) is 41.9. The molecule has 0 amide bonds. The Morgan fingerprint density at radius 1 is 1.20 bits per heavy atom. The first-order valence-electron chi connectivity index (χ1n) is 10.5. The summed E-state index contributed by atoms with van der Waals surface area (Å²) in [6.45, 7) is 3.08. The number of H-pyrrole nitrogens is 1. The molecule has 1 aliphatic heterocycles. The quantitative estimate of drug-likeness (QED) is 0.673. The summed E-state index contributed by atoms with van der Waals surface area (Å²) in [6, 6.07) is 7.96. The molecule has 2 heterocycles. The molecule has 0 bridgehead atoms. The maximum atomic E-state index is 13.1. The lowest BCUT2D eigenvalue weighted by molar-refractivity contribution is 0.0891. The third-order valence-corrected chi connectivity index (χ3v) is 5.68. The van der Waals surface area contributed by atoms with Gasteiger partial charge in [-0.1, -0.05) is 31.9 Å². The Bertz CT molecular complexity index is 994. The number of rotatable bonds is 7. The van der Waals surface area contributed by atoms with E-state index in [1.165, 1.54) is 4.57 Å². The van der Waals surface area contributed by atoms with Gasteiger partial charge in [0.2, 0.25) is 0 Å². The average Bonchev–Trinajstić information content (AvgIpc) is 2.96. The van der Waals surface area contributed by atoms with Gasteiger partial charge in [-0.15, -0.1) is 0 Å². The number of nitrogens with one attached hydrogen (secondary N) is 1. The predicted molar refractivity (Wildman–Crippen MR) is 116 cm³/mol. The summed E-state index contributed by atoms with van der Waals surface area (Å²) in [5, 5.41) is 0. The van der Waals surface area contributed by atoms with Gasteiger partial charge in [0, 0.05) is 12.6 Å². The van der Waals surface area contributed by atoms with Crippen molar-refractivity contribution in [3.63, 3.8) is 0 Å². The summed E-state index contributed by atoms with van der Waals surface area (Å²) in [6.07, 6.45) is 4.75. The van der Waals surface area contributed by atoms with Crippen molar-refractivity contribution in [3.8, 4) is 5.75 Å². The molecule has 8 heteroatoms. The molecule has 0 unspecified atom stereocenters. The fourth-order valence-electron chi connectivity index (χ4n) is 4.13. The number of aromatic nitrogens is 2. The molecule has 8 nitrogen and oxygen atoms in total. The second-order valence-electron chi connectivity index (χ2n) is 7.70. The highest BCUT2D eigenvalue weighted by Crippen LogP contribution is 2.31. The van der Waals surface area contributed by atoms with Crippen LogP contribution in [0.3, 0.4) is 0 Å². The fourth-order valence-corrected chi connectivity index (χ4v) is 4.13. The maximum Gasteiger partial charge on any atom is 0.329 e. The van der Waals surface area contributed by atoms with Crippen LogP contribution < -0.4 is 21.7 Å². The molecule has 1 aromatic heterocycles. The summed E-state index contributed by atoms with van der Waals surface area (Å²) < 4.78 is 6.51. The number of aromatic amines is 1. The monoisotopic (exact) mass is 414 g/mol. The summed E-state index contributed by atoms with van der Waals surface area (Å²) in [7, 11) is 1.63. The number of ether oxygens (including phenoxy) is 1.